The van der Waals surface area contributed by atoms with Crippen molar-refractivity contribution in [1.29, 1.82) is 0 Å². The Balaban J connectivity index is 1.17. The Kier molecular flexibility index (Phi) is 7.01. The highest BCUT2D eigenvalue weighted by molar-refractivity contribution is 6.11. The molecule has 2 aliphatic rings. The van der Waals surface area contributed by atoms with Crippen molar-refractivity contribution in [2.45, 2.75) is 32.1 Å². The van der Waals surface area contributed by atoms with Gasteiger partial charge in [-0.15, -0.1) is 0 Å². The molecular weight excluding hydrogens is 629 g/mol. The van der Waals surface area contributed by atoms with E-state index in [4.69, 9.17) is 4.98 Å². The van der Waals surface area contributed by atoms with Crippen LogP contribution < -0.4 is 0 Å². The number of aromatic nitrogens is 2. The van der Waals surface area contributed by atoms with Crippen molar-refractivity contribution in [3.8, 4) is 50.3 Å². The lowest BCUT2D eigenvalue weighted by atomic mass is 9.82. The fraction of sp³-hybridized carbons (Fsp3) is 0.100. The summed E-state index contributed by atoms with van der Waals surface area (Å²) in [5, 5.41) is 2.45. The quantitative estimate of drug-likeness (QED) is 0.179. The number of fused-ring (bicyclic) bond motifs is 6. The van der Waals surface area contributed by atoms with Gasteiger partial charge in [-0.05, 0) is 118 Å². The number of rotatable bonds is 5. The molecule has 2 aromatic heterocycles. The molecule has 8 aromatic rings. The van der Waals surface area contributed by atoms with Crippen LogP contribution in [0.15, 0.2) is 170 Å². The molecule has 10 rings (SSSR count). The Morgan fingerprint density at radius 2 is 1.13 bits per heavy atom. The van der Waals surface area contributed by atoms with E-state index in [2.05, 4.69) is 188 Å². The number of pyridine rings is 1. The summed E-state index contributed by atoms with van der Waals surface area (Å²) >= 11 is 0. The van der Waals surface area contributed by atoms with Crippen molar-refractivity contribution in [2.75, 3.05) is 0 Å². The van der Waals surface area contributed by atoms with Crippen molar-refractivity contribution in [3.05, 3.63) is 187 Å². The van der Waals surface area contributed by atoms with Crippen LogP contribution in [0.25, 0.3) is 77.7 Å². The normalized spacial score (nSPS) is 14.4. The molecule has 0 spiro atoms. The molecule has 0 saturated heterocycles. The van der Waals surface area contributed by atoms with Gasteiger partial charge in [0.1, 0.15) is 0 Å². The summed E-state index contributed by atoms with van der Waals surface area (Å²) in [5.41, 5.74) is 18.1. The van der Waals surface area contributed by atoms with Gasteiger partial charge in [0.15, 0.2) is 0 Å². The maximum absolute atomic E-state index is 5.31. The summed E-state index contributed by atoms with van der Waals surface area (Å²) in [7, 11) is 0. The highest BCUT2D eigenvalue weighted by Gasteiger charge is 2.35. The third-order valence-electron chi connectivity index (χ3n) is 11.2. The van der Waals surface area contributed by atoms with Crippen molar-refractivity contribution in [2.24, 2.45) is 0 Å². The van der Waals surface area contributed by atoms with Gasteiger partial charge >= 0.3 is 0 Å². The van der Waals surface area contributed by atoms with Crippen LogP contribution in [0.5, 0.6) is 0 Å². The van der Waals surface area contributed by atoms with E-state index < -0.39 is 0 Å². The zero-order chi connectivity index (χ0) is 34.8. The topological polar surface area (TPSA) is 17.8 Å². The predicted octanol–water partition coefficient (Wildman–Crippen LogP) is 13.2. The number of allylic oxidation sites excluding steroid dienone is 4. The minimum atomic E-state index is -0.0105. The van der Waals surface area contributed by atoms with E-state index in [1.165, 1.54) is 71.9 Å². The smallest absolute Gasteiger partial charge is 0.0715 e. The molecule has 52 heavy (non-hydrogen) atoms. The largest absolute Gasteiger partial charge is 0.309 e. The zero-order valence-corrected chi connectivity index (χ0v) is 29.5. The second-order valence-corrected chi connectivity index (χ2v) is 14.7. The Labute approximate surface area is 305 Å². The molecule has 2 heteroatoms. The summed E-state index contributed by atoms with van der Waals surface area (Å²) in [6, 6.07) is 55.7. The van der Waals surface area contributed by atoms with E-state index in [1.807, 2.05) is 0 Å². The van der Waals surface area contributed by atoms with Crippen molar-refractivity contribution >= 4 is 27.4 Å². The van der Waals surface area contributed by atoms with Gasteiger partial charge in [-0.3, -0.25) is 0 Å². The van der Waals surface area contributed by atoms with Gasteiger partial charge in [-0.2, -0.15) is 0 Å². The molecule has 0 saturated carbocycles. The van der Waals surface area contributed by atoms with Crippen LogP contribution in [0.3, 0.4) is 0 Å². The molecule has 0 atom stereocenters. The maximum atomic E-state index is 5.31. The van der Waals surface area contributed by atoms with Gasteiger partial charge in [0.2, 0.25) is 0 Å². The summed E-state index contributed by atoms with van der Waals surface area (Å²) < 4.78 is 2.40. The number of para-hydroxylation sites is 1. The van der Waals surface area contributed by atoms with Gasteiger partial charge in [-0.25, -0.2) is 4.98 Å². The first kappa shape index (κ1) is 30.6. The van der Waals surface area contributed by atoms with Gasteiger partial charge < -0.3 is 4.57 Å². The van der Waals surface area contributed by atoms with Crippen LogP contribution in [0, 0.1) is 0 Å². The molecule has 0 N–H and O–H groups in total. The van der Waals surface area contributed by atoms with Crippen molar-refractivity contribution in [1.82, 2.24) is 9.55 Å². The van der Waals surface area contributed by atoms with E-state index >= 15 is 0 Å². The fourth-order valence-corrected chi connectivity index (χ4v) is 8.54. The third-order valence-corrected chi connectivity index (χ3v) is 11.2. The SMILES string of the molecule is CC1(C)c2ccccc2-c2cc(-c3ccc4c(c3)c3cc(-c5cc(-c6ccccc6)cc(C6=CCCC=C6)n5)ccc3n4-c3ccccc3)ccc21. The average Bonchev–Trinajstić information content (AvgIpc) is 3.66. The third kappa shape index (κ3) is 4.90. The molecule has 248 valence electrons. The number of benzene rings is 6. The van der Waals surface area contributed by atoms with E-state index in [9.17, 15) is 0 Å². The Hall–Kier alpha value is -6.25. The van der Waals surface area contributed by atoms with Gasteiger partial charge in [-0.1, -0.05) is 129 Å². The highest BCUT2D eigenvalue weighted by atomic mass is 15.0. The Bertz CT molecular complexity index is 2740. The molecule has 2 nitrogen and oxygen atoms in total. The van der Waals surface area contributed by atoms with Crippen LogP contribution in [0.2, 0.25) is 0 Å². The van der Waals surface area contributed by atoms with Crippen LogP contribution in [0.1, 0.15) is 43.5 Å². The molecule has 2 heterocycles. The monoisotopic (exact) mass is 666 g/mol. The number of nitrogens with zero attached hydrogens (tertiary/aromatic N) is 2. The summed E-state index contributed by atoms with van der Waals surface area (Å²) in [5.74, 6) is 0. The molecule has 0 aliphatic heterocycles. The van der Waals surface area contributed by atoms with Crippen molar-refractivity contribution in [3.63, 3.8) is 0 Å². The summed E-state index contributed by atoms with van der Waals surface area (Å²) in [6.45, 7) is 4.69. The molecule has 0 amide bonds. The lowest BCUT2D eigenvalue weighted by Gasteiger charge is -2.21. The molecule has 0 fully saturated rings. The Morgan fingerprint density at radius 1 is 0.500 bits per heavy atom. The van der Waals surface area contributed by atoms with Crippen LogP contribution >= 0.6 is 0 Å². The molecule has 2 aliphatic carbocycles. The van der Waals surface area contributed by atoms with Crippen molar-refractivity contribution < 1.29 is 0 Å². The van der Waals surface area contributed by atoms with Gasteiger partial charge in [0, 0.05) is 27.4 Å². The van der Waals surface area contributed by atoms with Gasteiger partial charge in [0.05, 0.1) is 22.4 Å². The van der Waals surface area contributed by atoms with E-state index in [1.54, 1.807) is 0 Å². The maximum Gasteiger partial charge on any atom is 0.0715 e. The molecule has 6 aromatic carbocycles. The highest BCUT2D eigenvalue weighted by Crippen LogP contribution is 2.49. The fourth-order valence-electron chi connectivity index (χ4n) is 8.54. The number of hydrogen-bond acceptors (Lipinski definition) is 1. The zero-order valence-electron chi connectivity index (χ0n) is 29.5. The standard InChI is InChI=1S/C50H38N2/c1-50(2)44-21-13-12-20-40(44)41-28-35(22-25-45(41)50)36-23-26-48-42(29-36)43-30-37(24-27-49(43)52(48)39-18-10-5-11-19-39)47-32-38(33-14-6-3-7-15-33)31-46(51-47)34-16-8-4-9-17-34/h3,5-8,10-32H,4,9H2,1-2H3. The first-order chi connectivity index (χ1) is 25.5. The minimum Gasteiger partial charge on any atom is -0.309 e. The predicted molar refractivity (Wildman–Crippen MR) is 219 cm³/mol. The Morgan fingerprint density at radius 3 is 1.90 bits per heavy atom. The second kappa shape index (κ2) is 11.9. The lowest BCUT2D eigenvalue weighted by Crippen LogP contribution is -2.14. The van der Waals surface area contributed by atoms with Crippen LogP contribution in [-0.2, 0) is 5.41 Å². The molecule has 0 unspecified atom stereocenters. The van der Waals surface area contributed by atoms with E-state index in [0.717, 1.165) is 35.5 Å². The molecular formula is C50H38N2. The lowest BCUT2D eigenvalue weighted by molar-refractivity contribution is 0.660. The van der Waals surface area contributed by atoms with Gasteiger partial charge in [0.25, 0.3) is 0 Å². The van der Waals surface area contributed by atoms with Crippen LogP contribution in [-0.4, -0.2) is 9.55 Å². The second-order valence-electron chi connectivity index (χ2n) is 14.7. The first-order valence-electron chi connectivity index (χ1n) is 18.4. The summed E-state index contributed by atoms with van der Waals surface area (Å²) in [4.78, 5) is 5.31. The summed E-state index contributed by atoms with van der Waals surface area (Å²) in [6.07, 6.45) is 8.92. The average molecular weight is 667 g/mol. The van der Waals surface area contributed by atoms with E-state index in [-0.39, 0.29) is 5.41 Å². The number of hydrogen-bond donors (Lipinski definition) is 0. The van der Waals surface area contributed by atoms with Crippen LogP contribution in [0.4, 0.5) is 0 Å². The molecule has 0 bridgehead atoms. The minimum absolute atomic E-state index is 0.0105. The first-order valence-corrected chi connectivity index (χ1v) is 18.4. The molecule has 0 radical (unpaired) electrons. The van der Waals surface area contributed by atoms with E-state index in [0.29, 0.717) is 0 Å².